The molecule has 0 fully saturated rings. The summed E-state index contributed by atoms with van der Waals surface area (Å²) >= 11 is 0. The molecule has 0 saturated heterocycles. The number of halogens is 4. The van der Waals surface area contributed by atoms with Crippen LogP contribution in [0.25, 0.3) is 22.2 Å². The van der Waals surface area contributed by atoms with E-state index in [4.69, 9.17) is 25.4 Å². The normalized spacial score (nSPS) is 11.9. The average molecular weight is 597 g/mol. The van der Waals surface area contributed by atoms with Crippen molar-refractivity contribution in [3.05, 3.63) is 95.7 Å². The van der Waals surface area contributed by atoms with Gasteiger partial charge in [-0.05, 0) is 59.8 Å². The summed E-state index contributed by atoms with van der Waals surface area (Å²) in [6.07, 6.45) is -2.63. The van der Waals surface area contributed by atoms with Crippen molar-refractivity contribution in [1.82, 2.24) is 19.7 Å². The number of nitrogens with two attached hydrogens (primary N) is 1. The number of carbonyl (C=O) groups is 1. The number of hydrogen-bond acceptors (Lipinski definition) is 7. The number of methoxy groups -OCH3 is 1. The van der Waals surface area contributed by atoms with Crippen molar-refractivity contribution >= 4 is 28.2 Å². The summed E-state index contributed by atoms with van der Waals surface area (Å²) in [5.74, 6) is -0.877. The van der Waals surface area contributed by atoms with Gasteiger partial charge in [0.15, 0.2) is 11.6 Å². The number of anilines is 2. The number of carboxylic acids is 1. The molecule has 1 atom stereocenters. The number of hydrogen-bond donors (Lipinski definition) is 3. The highest BCUT2D eigenvalue weighted by atomic mass is 19.4. The highest BCUT2D eigenvalue weighted by molar-refractivity contribution is 5.93. The van der Waals surface area contributed by atoms with Crippen LogP contribution in [0, 0.1) is 5.82 Å². The number of nitrogens with one attached hydrogen (secondary N) is 1. The van der Waals surface area contributed by atoms with Gasteiger partial charge < -0.3 is 20.9 Å². The third-order valence-corrected chi connectivity index (χ3v) is 6.53. The number of nitrogen functional groups attached to an aromatic ring is 1. The minimum atomic E-state index is -5.08. The second kappa shape index (κ2) is 12.8. The number of benzene rings is 3. The van der Waals surface area contributed by atoms with Crippen molar-refractivity contribution in [1.29, 1.82) is 0 Å². The SMILES string of the molecule is CCc1ccc(F)c(C(Nc2ccc3c(N)nccc3c2)c2nc(-c3ccccc3OC)nn2C)c1.O=C(O)C(F)(F)F. The molecule has 5 rings (SSSR count). The van der Waals surface area contributed by atoms with Crippen LogP contribution in [-0.2, 0) is 18.3 Å². The molecular formula is C30H28F4N6O3. The molecule has 0 aliphatic rings. The van der Waals surface area contributed by atoms with Crippen molar-refractivity contribution in [3.63, 3.8) is 0 Å². The fourth-order valence-electron chi connectivity index (χ4n) is 4.36. The maximum Gasteiger partial charge on any atom is 0.490 e. The zero-order chi connectivity index (χ0) is 31.3. The lowest BCUT2D eigenvalue weighted by atomic mass is 10.0. The molecule has 0 saturated carbocycles. The number of fused-ring (bicyclic) bond motifs is 1. The quantitative estimate of drug-likeness (QED) is 0.191. The summed E-state index contributed by atoms with van der Waals surface area (Å²) in [7, 11) is 3.42. The Bertz CT molecular complexity index is 1760. The third kappa shape index (κ3) is 7.00. The average Bonchev–Trinajstić information content (AvgIpc) is 3.37. The summed E-state index contributed by atoms with van der Waals surface area (Å²) < 4.78 is 54.2. The van der Waals surface area contributed by atoms with Gasteiger partial charge in [0.2, 0.25) is 0 Å². The van der Waals surface area contributed by atoms with Gasteiger partial charge in [-0.25, -0.2) is 19.2 Å². The molecule has 5 aromatic rings. The Hall–Kier alpha value is -5.20. The largest absolute Gasteiger partial charge is 0.496 e. The molecule has 9 nitrogen and oxygen atoms in total. The Balaban J connectivity index is 0.000000541. The number of para-hydroxylation sites is 1. The minimum absolute atomic E-state index is 0.319. The number of carboxylic acid groups (broad SMARTS) is 1. The van der Waals surface area contributed by atoms with Crippen LogP contribution in [0.1, 0.15) is 29.9 Å². The maximum absolute atomic E-state index is 15.3. The van der Waals surface area contributed by atoms with Crippen LogP contribution < -0.4 is 15.8 Å². The zero-order valence-electron chi connectivity index (χ0n) is 23.4. The van der Waals surface area contributed by atoms with Crippen molar-refractivity contribution in [2.45, 2.75) is 25.6 Å². The van der Waals surface area contributed by atoms with Gasteiger partial charge in [-0.3, -0.25) is 4.68 Å². The monoisotopic (exact) mass is 596 g/mol. The summed E-state index contributed by atoms with van der Waals surface area (Å²) in [6, 6.07) is 19.8. The van der Waals surface area contributed by atoms with Crippen LogP contribution in [0.3, 0.4) is 0 Å². The number of aromatic nitrogens is 4. The standard InChI is InChI=1S/C28H27FN6O.C2HF3O2/c1-4-17-9-12-23(29)22(15-17)25(32-19-10-11-20-18(16-19)13-14-31-26(20)30)28-33-27(34-35(28)2)21-7-5-6-8-24(21)36-3;3-2(4,5)1(6)7/h5-16,25,32H,4H2,1-3H3,(H2,30,31);(H,6,7). The van der Waals surface area contributed by atoms with Crippen LogP contribution in [-0.4, -0.2) is 44.1 Å². The first kappa shape index (κ1) is 30.8. The number of nitrogens with zero attached hydrogens (tertiary/aromatic N) is 4. The first-order chi connectivity index (χ1) is 20.4. The van der Waals surface area contributed by atoms with Gasteiger partial charge in [0.25, 0.3) is 0 Å². The third-order valence-electron chi connectivity index (χ3n) is 6.53. The van der Waals surface area contributed by atoms with Gasteiger partial charge in [-0.15, -0.1) is 0 Å². The van der Waals surface area contributed by atoms with E-state index in [2.05, 4.69) is 15.4 Å². The molecule has 3 aromatic carbocycles. The summed E-state index contributed by atoms with van der Waals surface area (Å²) in [5.41, 5.74) is 9.11. The van der Waals surface area contributed by atoms with Crippen LogP contribution in [0.5, 0.6) is 5.75 Å². The number of ether oxygens (including phenoxy) is 1. The Morgan fingerprint density at radius 1 is 1.12 bits per heavy atom. The molecule has 13 heteroatoms. The van der Waals surface area contributed by atoms with E-state index >= 15 is 4.39 Å². The van der Waals surface area contributed by atoms with Gasteiger partial charge >= 0.3 is 12.1 Å². The lowest BCUT2D eigenvalue weighted by molar-refractivity contribution is -0.192. The first-order valence-corrected chi connectivity index (χ1v) is 13.0. The van der Waals surface area contributed by atoms with Gasteiger partial charge in [-0.1, -0.05) is 31.2 Å². The molecule has 0 spiro atoms. The Kier molecular flexibility index (Phi) is 9.12. The van der Waals surface area contributed by atoms with E-state index in [9.17, 15) is 13.2 Å². The van der Waals surface area contributed by atoms with E-state index in [0.717, 1.165) is 34.0 Å². The first-order valence-electron chi connectivity index (χ1n) is 13.0. The summed E-state index contributed by atoms with van der Waals surface area (Å²) in [4.78, 5) is 17.9. The molecular weight excluding hydrogens is 568 g/mol. The van der Waals surface area contributed by atoms with Crippen LogP contribution in [0.15, 0.2) is 72.9 Å². The number of aryl methyl sites for hydroxylation is 2. The van der Waals surface area contributed by atoms with E-state index in [-0.39, 0.29) is 5.82 Å². The van der Waals surface area contributed by atoms with E-state index in [1.165, 1.54) is 6.07 Å². The van der Waals surface area contributed by atoms with Crippen molar-refractivity contribution in [2.24, 2.45) is 7.05 Å². The van der Waals surface area contributed by atoms with Crippen molar-refractivity contribution in [2.75, 3.05) is 18.2 Å². The lowest BCUT2D eigenvalue weighted by Crippen LogP contribution is -2.21. The second-order valence-corrected chi connectivity index (χ2v) is 9.34. The molecule has 0 bridgehead atoms. The van der Waals surface area contributed by atoms with Gasteiger partial charge in [0.1, 0.15) is 23.4 Å². The van der Waals surface area contributed by atoms with Crippen LogP contribution >= 0.6 is 0 Å². The smallest absolute Gasteiger partial charge is 0.490 e. The predicted octanol–water partition coefficient (Wildman–Crippen LogP) is 6.16. The van der Waals surface area contributed by atoms with Crippen LogP contribution in [0.2, 0.25) is 0 Å². The maximum atomic E-state index is 15.3. The molecule has 2 aromatic heterocycles. The zero-order valence-corrected chi connectivity index (χ0v) is 23.4. The van der Waals surface area contributed by atoms with E-state index in [0.29, 0.717) is 28.8 Å². The molecule has 224 valence electrons. The van der Waals surface area contributed by atoms with E-state index in [1.54, 1.807) is 24.1 Å². The number of rotatable bonds is 7. The fraction of sp³-hybridized carbons (Fsp3) is 0.200. The lowest BCUT2D eigenvalue weighted by Gasteiger charge is -2.21. The number of pyridine rings is 1. The second-order valence-electron chi connectivity index (χ2n) is 9.34. The molecule has 0 radical (unpaired) electrons. The molecule has 2 heterocycles. The molecule has 4 N–H and O–H groups in total. The Morgan fingerprint density at radius 3 is 2.51 bits per heavy atom. The minimum Gasteiger partial charge on any atom is -0.496 e. The topological polar surface area (TPSA) is 128 Å². The highest BCUT2D eigenvalue weighted by Crippen LogP contribution is 2.33. The number of alkyl halides is 3. The molecule has 1 unspecified atom stereocenters. The highest BCUT2D eigenvalue weighted by Gasteiger charge is 2.38. The summed E-state index contributed by atoms with van der Waals surface area (Å²) in [5, 5.41) is 17.1. The molecule has 0 aliphatic heterocycles. The van der Waals surface area contributed by atoms with E-state index in [1.807, 2.05) is 68.6 Å². The van der Waals surface area contributed by atoms with Crippen molar-refractivity contribution < 1.29 is 32.2 Å². The predicted molar refractivity (Wildman–Crippen MR) is 154 cm³/mol. The molecule has 43 heavy (non-hydrogen) atoms. The van der Waals surface area contributed by atoms with Gasteiger partial charge in [0.05, 0.1) is 12.7 Å². The van der Waals surface area contributed by atoms with Crippen molar-refractivity contribution in [3.8, 4) is 17.1 Å². The number of aliphatic carboxylic acids is 1. The van der Waals surface area contributed by atoms with Gasteiger partial charge in [0, 0.05) is 29.9 Å². The molecule has 0 amide bonds. The van der Waals surface area contributed by atoms with E-state index < -0.39 is 18.2 Å². The Labute approximate surface area is 244 Å². The molecule has 0 aliphatic carbocycles. The van der Waals surface area contributed by atoms with Crippen LogP contribution in [0.4, 0.5) is 29.1 Å². The summed E-state index contributed by atoms with van der Waals surface area (Å²) in [6.45, 7) is 2.04. The Morgan fingerprint density at radius 2 is 1.84 bits per heavy atom. The van der Waals surface area contributed by atoms with Gasteiger partial charge in [-0.2, -0.15) is 18.3 Å². The fourth-order valence-corrected chi connectivity index (χ4v) is 4.36.